The Bertz CT molecular complexity index is 631. The molecule has 0 saturated heterocycles. The van der Waals surface area contributed by atoms with Gasteiger partial charge in [-0.1, -0.05) is 19.3 Å². The molecule has 6 heteroatoms. The van der Waals surface area contributed by atoms with Crippen LogP contribution in [0.25, 0.3) is 5.52 Å². The molecule has 0 aliphatic heterocycles. The molecule has 0 spiro atoms. The zero-order chi connectivity index (χ0) is 14.7. The lowest BCUT2D eigenvalue weighted by Crippen LogP contribution is -2.40. The van der Waals surface area contributed by atoms with Crippen LogP contribution in [0.4, 0.5) is 5.82 Å². The first-order chi connectivity index (χ1) is 10.2. The number of anilines is 1. The largest absolute Gasteiger partial charge is 0.469 e. The Morgan fingerprint density at radius 3 is 2.95 bits per heavy atom. The molecule has 1 aliphatic carbocycles. The third-order valence-electron chi connectivity index (χ3n) is 4.35. The maximum Gasteiger partial charge on any atom is 0.313 e. The van der Waals surface area contributed by atoms with Crippen molar-refractivity contribution in [2.75, 3.05) is 19.0 Å². The molecule has 0 radical (unpaired) electrons. The molecule has 2 aromatic heterocycles. The fourth-order valence-electron chi connectivity index (χ4n) is 3.14. The average molecular weight is 288 g/mol. The highest BCUT2D eigenvalue weighted by Crippen LogP contribution is 2.37. The van der Waals surface area contributed by atoms with Crippen molar-refractivity contribution >= 4 is 17.3 Å². The minimum absolute atomic E-state index is 0.116. The van der Waals surface area contributed by atoms with Gasteiger partial charge in [0.2, 0.25) is 0 Å². The minimum atomic E-state index is -0.429. The van der Waals surface area contributed by atoms with E-state index in [1.807, 2.05) is 6.07 Å². The highest BCUT2D eigenvalue weighted by atomic mass is 16.5. The molecule has 2 heterocycles. The van der Waals surface area contributed by atoms with Crippen molar-refractivity contribution < 1.29 is 9.53 Å². The van der Waals surface area contributed by atoms with Gasteiger partial charge in [0.25, 0.3) is 0 Å². The summed E-state index contributed by atoms with van der Waals surface area (Å²) in [5.74, 6) is 0.638. The Labute approximate surface area is 123 Å². The van der Waals surface area contributed by atoms with E-state index in [0.29, 0.717) is 6.54 Å². The Balaban J connectivity index is 1.80. The maximum absolute atomic E-state index is 12.2. The van der Waals surface area contributed by atoms with Crippen molar-refractivity contribution in [1.29, 1.82) is 0 Å². The second-order valence-corrected chi connectivity index (χ2v) is 5.62. The lowest BCUT2D eigenvalue weighted by atomic mass is 9.74. The van der Waals surface area contributed by atoms with Crippen LogP contribution >= 0.6 is 0 Å². The van der Waals surface area contributed by atoms with Crippen LogP contribution in [0.1, 0.15) is 32.1 Å². The van der Waals surface area contributed by atoms with Crippen molar-refractivity contribution in [3.8, 4) is 0 Å². The van der Waals surface area contributed by atoms with Gasteiger partial charge in [0.1, 0.15) is 5.52 Å². The number of ether oxygens (including phenoxy) is 1. The van der Waals surface area contributed by atoms with Gasteiger partial charge in [0.05, 0.1) is 18.7 Å². The number of fused-ring (bicyclic) bond motifs is 1. The van der Waals surface area contributed by atoms with Gasteiger partial charge in [-0.15, -0.1) is 0 Å². The van der Waals surface area contributed by atoms with Crippen LogP contribution in [0.2, 0.25) is 0 Å². The van der Waals surface area contributed by atoms with Gasteiger partial charge in [0, 0.05) is 18.9 Å². The summed E-state index contributed by atoms with van der Waals surface area (Å²) in [4.78, 5) is 16.6. The van der Waals surface area contributed by atoms with Gasteiger partial charge in [-0.25, -0.2) is 9.50 Å². The summed E-state index contributed by atoms with van der Waals surface area (Å²) >= 11 is 0. The average Bonchev–Trinajstić information content (AvgIpc) is 3.02. The Kier molecular flexibility index (Phi) is 3.77. The molecular formula is C15H20N4O2. The third kappa shape index (κ3) is 2.57. The Hall–Kier alpha value is -2.11. The summed E-state index contributed by atoms with van der Waals surface area (Å²) in [6, 6.07) is 1.90. The first-order valence-electron chi connectivity index (χ1n) is 7.36. The number of nitrogens with zero attached hydrogens (tertiary/aromatic N) is 3. The Morgan fingerprint density at radius 1 is 1.38 bits per heavy atom. The minimum Gasteiger partial charge on any atom is -0.469 e. The number of methoxy groups -OCH3 is 1. The number of carbonyl (C=O) groups is 1. The number of nitrogens with one attached hydrogen (secondary N) is 1. The highest BCUT2D eigenvalue weighted by Gasteiger charge is 2.40. The van der Waals surface area contributed by atoms with Gasteiger partial charge in [0.15, 0.2) is 5.82 Å². The number of rotatable bonds is 4. The van der Waals surface area contributed by atoms with Crippen molar-refractivity contribution in [1.82, 2.24) is 14.6 Å². The van der Waals surface area contributed by atoms with Crippen LogP contribution in [-0.4, -0.2) is 34.2 Å². The van der Waals surface area contributed by atoms with Crippen LogP contribution in [0.5, 0.6) is 0 Å². The smallest absolute Gasteiger partial charge is 0.313 e. The summed E-state index contributed by atoms with van der Waals surface area (Å²) in [5.41, 5.74) is 0.481. The van der Waals surface area contributed by atoms with E-state index >= 15 is 0 Å². The fraction of sp³-hybridized carbons (Fsp3) is 0.533. The second kappa shape index (κ2) is 5.71. The molecule has 21 heavy (non-hydrogen) atoms. The van der Waals surface area contributed by atoms with Crippen molar-refractivity contribution in [3.63, 3.8) is 0 Å². The molecule has 3 rings (SSSR count). The van der Waals surface area contributed by atoms with Crippen molar-refractivity contribution in [3.05, 3.63) is 24.7 Å². The number of esters is 1. The zero-order valence-corrected chi connectivity index (χ0v) is 12.2. The van der Waals surface area contributed by atoms with E-state index in [1.54, 1.807) is 23.1 Å². The lowest BCUT2D eigenvalue weighted by molar-refractivity contribution is -0.153. The molecule has 1 aliphatic rings. The number of carbonyl (C=O) groups excluding carboxylic acids is 1. The van der Waals surface area contributed by atoms with Crippen LogP contribution < -0.4 is 5.32 Å². The molecule has 112 valence electrons. The van der Waals surface area contributed by atoms with Gasteiger partial charge < -0.3 is 10.1 Å². The SMILES string of the molecule is COC(=O)C1(CNc2nccn3nccc23)CCCCC1. The summed E-state index contributed by atoms with van der Waals surface area (Å²) in [7, 11) is 1.47. The second-order valence-electron chi connectivity index (χ2n) is 5.62. The Morgan fingerprint density at radius 2 is 2.19 bits per heavy atom. The summed E-state index contributed by atoms with van der Waals surface area (Å²) in [6.07, 6.45) is 10.3. The lowest BCUT2D eigenvalue weighted by Gasteiger charge is -2.34. The summed E-state index contributed by atoms with van der Waals surface area (Å²) in [6.45, 7) is 0.553. The van der Waals surface area contributed by atoms with Crippen LogP contribution in [-0.2, 0) is 9.53 Å². The molecule has 0 unspecified atom stereocenters. The normalized spacial score (nSPS) is 17.6. The number of hydrogen-bond donors (Lipinski definition) is 1. The van der Waals surface area contributed by atoms with Gasteiger partial charge in [-0.3, -0.25) is 4.79 Å². The van der Waals surface area contributed by atoms with Gasteiger partial charge >= 0.3 is 5.97 Å². The highest BCUT2D eigenvalue weighted by molar-refractivity contribution is 5.78. The fourth-order valence-corrected chi connectivity index (χ4v) is 3.14. The first-order valence-corrected chi connectivity index (χ1v) is 7.36. The maximum atomic E-state index is 12.2. The van der Waals surface area contributed by atoms with Gasteiger partial charge in [-0.05, 0) is 18.9 Å². The number of aromatic nitrogens is 3. The summed E-state index contributed by atoms with van der Waals surface area (Å²) in [5, 5.41) is 7.51. The van der Waals surface area contributed by atoms with Crippen LogP contribution in [0, 0.1) is 5.41 Å². The van der Waals surface area contributed by atoms with E-state index < -0.39 is 5.41 Å². The molecule has 0 amide bonds. The quantitative estimate of drug-likeness (QED) is 0.874. The van der Waals surface area contributed by atoms with E-state index in [2.05, 4.69) is 15.4 Å². The van der Waals surface area contributed by atoms with E-state index in [9.17, 15) is 4.79 Å². The van der Waals surface area contributed by atoms with Crippen LogP contribution in [0.15, 0.2) is 24.7 Å². The molecular weight excluding hydrogens is 268 g/mol. The molecule has 1 N–H and O–H groups in total. The molecule has 0 atom stereocenters. The van der Waals surface area contributed by atoms with E-state index in [0.717, 1.165) is 37.0 Å². The molecule has 6 nitrogen and oxygen atoms in total. The molecule has 2 aromatic rings. The molecule has 1 saturated carbocycles. The standard InChI is InChI=1S/C15H20N4O2/c1-21-14(20)15(6-3-2-4-7-15)11-17-13-12-5-8-18-19(12)10-9-16-13/h5,8-10H,2-4,6-7,11H2,1H3,(H,16,17). The molecule has 1 fully saturated rings. The first kappa shape index (κ1) is 13.9. The number of hydrogen-bond acceptors (Lipinski definition) is 5. The monoisotopic (exact) mass is 288 g/mol. The van der Waals surface area contributed by atoms with Crippen molar-refractivity contribution in [2.24, 2.45) is 5.41 Å². The van der Waals surface area contributed by atoms with Crippen LogP contribution in [0.3, 0.4) is 0 Å². The zero-order valence-electron chi connectivity index (χ0n) is 12.2. The predicted molar refractivity (Wildman–Crippen MR) is 79.0 cm³/mol. The predicted octanol–water partition coefficient (Wildman–Crippen LogP) is 2.26. The molecule has 0 aromatic carbocycles. The third-order valence-corrected chi connectivity index (χ3v) is 4.35. The van der Waals surface area contributed by atoms with E-state index in [1.165, 1.54) is 13.5 Å². The van der Waals surface area contributed by atoms with E-state index in [-0.39, 0.29) is 5.97 Å². The van der Waals surface area contributed by atoms with Crippen molar-refractivity contribution in [2.45, 2.75) is 32.1 Å². The van der Waals surface area contributed by atoms with E-state index in [4.69, 9.17) is 4.74 Å². The molecule has 0 bridgehead atoms. The summed E-state index contributed by atoms with van der Waals surface area (Å²) < 4.78 is 6.80. The van der Waals surface area contributed by atoms with Gasteiger partial charge in [-0.2, -0.15) is 5.10 Å². The topological polar surface area (TPSA) is 68.5 Å².